The first-order valence-electron chi connectivity index (χ1n) is 9.99. The molecule has 0 radical (unpaired) electrons. The zero-order valence-corrected chi connectivity index (χ0v) is 18.0. The van der Waals surface area contributed by atoms with E-state index in [1.807, 2.05) is 50.1 Å². The number of halogens is 3. The number of rotatable bonds is 4. The van der Waals surface area contributed by atoms with Crippen molar-refractivity contribution in [1.82, 2.24) is 0 Å². The van der Waals surface area contributed by atoms with E-state index in [0.717, 1.165) is 22.9 Å². The predicted molar refractivity (Wildman–Crippen MR) is 112 cm³/mol. The first-order valence-corrected chi connectivity index (χ1v) is 9.99. The van der Waals surface area contributed by atoms with Gasteiger partial charge in [-0.1, -0.05) is 38.1 Å². The number of hydrogen-bond donors (Lipinski definition) is 1. The van der Waals surface area contributed by atoms with Crippen LogP contribution in [0.5, 0.6) is 0 Å². The van der Waals surface area contributed by atoms with Crippen molar-refractivity contribution in [3.63, 3.8) is 0 Å². The van der Waals surface area contributed by atoms with Gasteiger partial charge in [-0.2, -0.15) is 13.2 Å². The van der Waals surface area contributed by atoms with Crippen molar-refractivity contribution in [2.24, 2.45) is 5.41 Å². The minimum atomic E-state index is -4.37. The Kier molecular flexibility index (Phi) is 5.42. The van der Waals surface area contributed by atoms with Gasteiger partial charge in [0.05, 0.1) is 17.0 Å². The molecule has 162 valence electrons. The zero-order chi connectivity index (χ0) is 22.5. The van der Waals surface area contributed by atoms with Gasteiger partial charge in [-0.05, 0) is 67.0 Å². The maximum absolute atomic E-state index is 13.2. The van der Waals surface area contributed by atoms with E-state index < -0.39 is 28.5 Å². The molecule has 2 aromatic carbocycles. The van der Waals surface area contributed by atoms with E-state index in [-0.39, 0.29) is 6.04 Å². The molecule has 0 aromatic heterocycles. The lowest BCUT2D eigenvalue weighted by atomic mass is 9.72. The van der Waals surface area contributed by atoms with Crippen molar-refractivity contribution in [1.29, 1.82) is 0 Å². The number of nitrogens with zero attached hydrogens (tertiary/aromatic N) is 1. The third-order valence-corrected chi connectivity index (χ3v) is 6.16. The summed E-state index contributed by atoms with van der Waals surface area (Å²) in [6, 6.07) is 11.8. The number of aliphatic carboxylic acids is 1. The molecule has 6 heteroatoms. The smallest absolute Gasteiger partial charge is 0.416 e. The molecule has 1 N–H and O–H groups in total. The molecule has 0 saturated carbocycles. The number of benzene rings is 2. The van der Waals surface area contributed by atoms with Crippen LogP contribution in [0.1, 0.15) is 62.4 Å². The summed E-state index contributed by atoms with van der Waals surface area (Å²) in [5, 5.41) is 9.43. The van der Waals surface area contributed by atoms with E-state index in [0.29, 0.717) is 18.4 Å². The standard InChI is InChI=1S/C24H28F3NO2/c1-22(2)14-20(16-8-6-7-15(11-16)13-23(3,4)21(29)30)28(5)19-10-9-17(12-18(19)22)24(25,26)27/h6-12,20H,13-14H2,1-5H3,(H,29,30). The van der Waals surface area contributed by atoms with E-state index >= 15 is 0 Å². The SMILES string of the molecule is CN1c2ccc(C(F)(F)F)cc2C(C)(C)CC1c1cccc(CC(C)(C)C(=O)O)c1. The van der Waals surface area contributed by atoms with Gasteiger partial charge in [0.1, 0.15) is 0 Å². The number of carbonyl (C=O) groups is 1. The van der Waals surface area contributed by atoms with Crippen LogP contribution >= 0.6 is 0 Å². The normalized spacial score (nSPS) is 18.8. The van der Waals surface area contributed by atoms with Crippen molar-refractivity contribution in [3.05, 3.63) is 64.7 Å². The monoisotopic (exact) mass is 419 g/mol. The molecular formula is C24H28F3NO2. The molecule has 0 saturated heterocycles. The third-order valence-electron chi connectivity index (χ3n) is 6.16. The average molecular weight is 419 g/mol. The molecule has 0 aliphatic carbocycles. The number of hydrogen-bond acceptors (Lipinski definition) is 2. The van der Waals surface area contributed by atoms with Gasteiger partial charge < -0.3 is 10.0 Å². The van der Waals surface area contributed by atoms with Crippen LogP contribution in [0.4, 0.5) is 18.9 Å². The highest BCUT2D eigenvalue weighted by Crippen LogP contribution is 2.48. The topological polar surface area (TPSA) is 40.5 Å². The Morgan fingerprint density at radius 2 is 1.83 bits per heavy atom. The molecule has 3 nitrogen and oxygen atoms in total. The quantitative estimate of drug-likeness (QED) is 0.640. The highest BCUT2D eigenvalue weighted by atomic mass is 19.4. The summed E-state index contributed by atoms with van der Waals surface area (Å²) in [5.41, 5.74) is 1.51. The number of anilines is 1. The van der Waals surface area contributed by atoms with Crippen LogP contribution in [0.15, 0.2) is 42.5 Å². The van der Waals surface area contributed by atoms with E-state index in [9.17, 15) is 23.1 Å². The number of carboxylic acids is 1. The largest absolute Gasteiger partial charge is 0.481 e. The van der Waals surface area contributed by atoms with Gasteiger partial charge in [0.2, 0.25) is 0 Å². The lowest BCUT2D eigenvalue weighted by Gasteiger charge is -2.45. The van der Waals surface area contributed by atoms with Gasteiger partial charge in [-0.15, -0.1) is 0 Å². The van der Waals surface area contributed by atoms with Crippen LogP contribution in [0, 0.1) is 5.41 Å². The highest BCUT2D eigenvalue weighted by Gasteiger charge is 2.39. The van der Waals surface area contributed by atoms with Crippen LogP contribution in [0.25, 0.3) is 0 Å². The summed E-state index contributed by atoms with van der Waals surface area (Å²) in [4.78, 5) is 13.5. The molecule has 1 atom stereocenters. The minimum absolute atomic E-state index is 0.0165. The van der Waals surface area contributed by atoms with Gasteiger partial charge in [0.25, 0.3) is 0 Å². The van der Waals surface area contributed by atoms with E-state index in [2.05, 4.69) is 0 Å². The van der Waals surface area contributed by atoms with Crippen molar-refractivity contribution < 1.29 is 23.1 Å². The third kappa shape index (κ3) is 4.18. The fourth-order valence-electron chi connectivity index (χ4n) is 4.30. The molecule has 1 unspecified atom stereocenters. The summed E-state index contributed by atoms with van der Waals surface area (Å²) in [5.74, 6) is -0.849. The molecule has 0 spiro atoms. The first-order chi connectivity index (χ1) is 13.7. The second-order valence-corrected chi connectivity index (χ2v) is 9.56. The van der Waals surface area contributed by atoms with Crippen LogP contribution < -0.4 is 4.90 Å². The number of carboxylic acid groups (broad SMARTS) is 1. The first kappa shape index (κ1) is 22.2. The van der Waals surface area contributed by atoms with Crippen molar-refractivity contribution in [2.75, 3.05) is 11.9 Å². The number of alkyl halides is 3. The van der Waals surface area contributed by atoms with E-state index in [1.54, 1.807) is 19.9 Å². The molecular weight excluding hydrogens is 391 g/mol. The fourth-order valence-corrected chi connectivity index (χ4v) is 4.30. The fraction of sp³-hybridized carbons (Fsp3) is 0.458. The van der Waals surface area contributed by atoms with Gasteiger partial charge in [0.15, 0.2) is 0 Å². The van der Waals surface area contributed by atoms with Gasteiger partial charge >= 0.3 is 12.1 Å². The van der Waals surface area contributed by atoms with Crippen molar-refractivity contribution in [3.8, 4) is 0 Å². The summed E-state index contributed by atoms with van der Waals surface area (Å²) in [6.45, 7) is 7.35. The molecule has 0 bridgehead atoms. The minimum Gasteiger partial charge on any atom is -0.481 e. The highest BCUT2D eigenvalue weighted by molar-refractivity contribution is 5.74. The second-order valence-electron chi connectivity index (χ2n) is 9.56. The maximum Gasteiger partial charge on any atom is 0.416 e. The van der Waals surface area contributed by atoms with Crippen LogP contribution in [0.2, 0.25) is 0 Å². The summed E-state index contributed by atoms with van der Waals surface area (Å²) in [6.07, 6.45) is -3.31. The Hall–Kier alpha value is -2.50. The lowest BCUT2D eigenvalue weighted by molar-refractivity contribution is -0.146. The second kappa shape index (κ2) is 7.33. The van der Waals surface area contributed by atoms with Crippen LogP contribution in [-0.2, 0) is 22.8 Å². The van der Waals surface area contributed by atoms with Crippen LogP contribution in [0.3, 0.4) is 0 Å². The maximum atomic E-state index is 13.2. The predicted octanol–water partition coefficient (Wildman–Crippen LogP) is 6.22. The molecule has 30 heavy (non-hydrogen) atoms. The molecule has 1 aliphatic rings. The van der Waals surface area contributed by atoms with Crippen molar-refractivity contribution >= 4 is 11.7 Å². The summed E-state index contributed by atoms with van der Waals surface area (Å²) >= 11 is 0. The zero-order valence-electron chi connectivity index (χ0n) is 18.0. The Balaban J connectivity index is 1.98. The molecule has 2 aromatic rings. The Morgan fingerprint density at radius 3 is 2.43 bits per heavy atom. The Labute approximate surface area is 175 Å². The molecule has 1 aliphatic heterocycles. The van der Waals surface area contributed by atoms with E-state index in [4.69, 9.17) is 0 Å². The summed E-state index contributed by atoms with van der Waals surface area (Å²) in [7, 11) is 1.90. The molecule has 0 fully saturated rings. The molecule has 0 amide bonds. The van der Waals surface area contributed by atoms with Crippen molar-refractivity contribution in [2.45, 2.75) is 58.2 Å². The Bertz CT molecular complexity index is 963. The number of fused-ring (bicyclic) bond motifs is 1. The summed E-state index contributed by atoms with van der Waals surface area (Å²) < 4.78 is 39.7. The van der Waals surface area contributed by atoms with E-state index in [1.165, 1.54) is 6.07 Å². The van der Waals surface area contributed by atoms with Crippen LogP contribution in [-0.4, -0.2) is 18.1 Å². The Morgan fingerprint density at radius 1 is 1.17 bits per heavy atom. The molecule has 3 rings (SSSR count). The average Bonchev–Trinajstić information content (AvgIpc) is 2.63. The lowest BCUT2D eigenvalue weighted by Crippen LogP contribution is -2.38. The van der Waals surface area contributed by atoms with Gasteiger partial charge in [0, 0.05) is 12.7 Å². The van der Waals surface area contributed by atoms with Gasteiger partial charge in [-0.3, -0.25) is 4.79 Å². The van der Waals surface area contributed by atoms with Gasteiger partial charge in [-0.25, -0.2) is 0 Å². The molecule has 1 heterocycles.